The van der Waals surface area contributed by atoms with Gasteiger partial charge >= 0.3 is 68.0 Å². The molecule has 5 aromatic rings. The Bertz CT molecular complexity index is 1620. The number of hydrogen-bond acceptors (Lipinski definition) is 0. The summed E-state index contributed by atoms with van der Waals surface area (Å²) in [7, 11) is 0. The Hall–Kier alpha value is -2.51. The third-order valence-corrected chi connectivity index (χ3v) is 8.71. The monoisotopic (exact) mass is 714 g/mol. The van der Waals surface area contributed by atoms with Gasteiger partial charge in [0.25, 0.3) is 0 Å². The summed E-state index contributed by atoms with van der Waals surface area (Å²) in [5, 5.41) is 0. The molecule has 4 heteroatoms. The second-order valence-corrected chi connectivity index (χ2v) is 14.2. The number of hydrogen-bond donors (Lipinski definition) is 0. The van der Waals surface area contributed by atoms with E-state index in [1.165, 1.54) is 92.0 Å². The minimum atomic E-state index is -0.170. The summed E-state index contributed by atoms with van der Waals surface area (Å²) >= 11 is 1.34. The van der Waals surface area contributed by atoms with E-state index in [0.717, 1.165) is 12.0 Å². The summed E-state index contributed by atoms with van der Waals surface area (Å²) in [5.41, 5.74) is 15.2. The molecule has 0 amide bonds. The maximum Gasteiger partial charge on any atom is -1.00 e. The van der Waals surface area contributed by atoms with E-state index in [-0.39, 0.29) is 41.5 Å². The van der Waals surface area contributed by atoms with Crippen LogP contribution in [0.5, 0.6) is 0 Å². The normalized spacial score (nSPS) is 11.4. The van der Waals surface area contributed by atoms with Crippen molar-refractivity contribution in [2.45, 2.75) is 72.6 Å². The van der Waals surface area contributed by atoms with Crippen LogP contribution in [0, 0.1) is 25.7 Å². The molecule has 0 fully saturated rings. The van der Waals surface area contributed by atoms with Crippen molar-refractivity contribution in [3.8, 4) is 22.3 Å². The van der Waals surface area contributed by atoms with E-state index in [2.05, 4.69) is 134 Å². The molecule has 0 radical (unpaired) electrons. The maximum atomic E-state index is 12.2. The summed E-state index contributed by atoms with van der Waals surface area (Å²) in [5.74, 6) is -0.170. The summed E-state index contributed by atoms with van der Waals surface area (Å²) in [6, 6.07) is 36.5. The minimum Gasteiger partial charge on any atom is -1.00 e. The molecular weight excluding hydrogens is 674 g/mol. The van der Waals surface area contributed by atoms with E-state index in [9.17, 15) is 4.39 Å². The quantitative estimate of drug-likeness (QED) is 0.225. The number of halogens is 3. The van der Waals surface area contributed by atoms with Crippen LogP contribution in [0.4, 0.5) is 4.39 Å². The molecule has 6 rings (SSSR count). The molecule has 1 aliphatic carbocycles. The third-order valence-electron chi connectivity index (χ3n) is 7.89. The molecule has 0 N–H and O–H groups in total. The van der Waals surface area contributed by atoms with Crippen LogP contribution in [0.2, 0.25) is 0 Å². The first-order chi connectivity index (χ1) is 20.3. The molecule has 1 aliphatic rings. The molecule has 0 saturated heterocycles. The molecule has 45 heavy (non-hydrogen) atoms. The molecule has 0 aliphatic heterocycles. The Morgan fingerprint density at radius 1 is 0.733 bits per heavy atom. The van der Waals surface area contributed by atoms with Crippen LogP contribution in [0.15, 0.2) is 97.1 Å². The first-order valence-corrected chi connectivity index (χ1v) is 16.4. The van der Waals surface area contributed by atoms with Crippen molar-refractivity contribution in [3.63, 3.8) is 0 Å². The second-order valence-electron chi connectivity index (χ2n) is 13.5. The topological polar surface area (TPSA) is 0 Å². The van der Waals surface area contributed by atoms with Gasteiger partial charge in [-0.25, -0.2) is 6.07 Å². The number of rotatable bonds is 2. The van der Waals surface area contributed by atoms with E-state index >= 15 is 0 Å². The van der Waals surface area contributed by atoms with Gasteiger partial charge in [-0.15, -0.1) is 5.56 Å². The molecule has 0 bridgehead atoms. The number of aryl methyl sites for hydroxylation is 2. The minimum absolute atomic E-state index is 0. The van der Waals surface area contributed by atoms with Gasteiger partial charge in [-0.05, 0) is 17.4 Å². The van der Waals surface area contributed by atoms with Gasteiger partial charge < -0.3 is 24.8 Å². The zero-order chi connectivity index (χ0) is 31.4. The van der Waals surface area contributed by atoms with E-state index in [1.54, 1.807) is 12.1 Å². The van der Waals surface area contributed by atoms with Gasteiger partial charge in [0.1, 0.15) is 0 Å². The Labute approximate surface area is 298 Å². The van der Waals surface area contributed by atoms with Gasteiger partial charge in [-0.2, -0.15) is 52.1 Å². The van der Waals surface area contributed by atoms with Gasteiger partial charge in [-0.3, -0.25) is 0 Å². The third kappa shape index (κ3) is 10.2. The average molecular weight is 717 g/mol. The smallest absolute Gasteiger partial charge is 1.00 e. The van der Waals surface area contributed by atoms with E-state index in [1.807, 2.05) is 3.71 Å². The summed E-state index contributed by atoms with van der Waals surface area (Å²) in [4.78, 5) is 0. The van der Waals surface area contributed by atoms with Crippen molar-refractivity contribution in [3.05, 3.63) is 148 Å². The molecule has 0 unspecified atom stereocenters. The average Bonchev–Trinajstić information content (AvgIpc) is 3.51. The molecule has 0 spiro atoms. The van der Waals surface area contributed by atoms with Crippen LogP contribution in [0.3, 0.4) is 0 Å². The van der Waals surface area contributed by atoms with Crippen LogP contribution in [0.25, 0.3) is 22.3 Å². The number of fused-ring (bicyclic) bond motifs is 3. The van der Waals surface area contributed by atoms with Crippen LogP contribution in [-0.4, -0.2) is 3.71 Å². The summed E-state index contributed by atoms with van der Waals surface area (Å²) < 4.78 is 14.2. The Balaban J connectivity index is 0.000000252. The fraction of sp³-hybridized carbons (Fsp3) is 0.268. The van der Waals surface area contributed by atoms with Crippen LogP contribution in [0.1, 0.15) is 80.5 Å². The molecule has 0 heterocycles. The van der Waals surface area contributed by atoms with Crippen molar-refractivity contribution in [1.82, 2.24) is 0 Å². The molecule has 0 aromatic heterocycles. The standard InChI is InChI=1S/C21H25.C13H13.C7H5F.2ClH.Zr/c1-20(2,3)16-9-7-14-11-15-8-10-17(21(4,5)6)13-19(15)18(14)12-16;1-10-8-11(2)13(9-10)12-6-4-3-5-7-12;1-6-2-4-7(8)5-3-6;;;/h7,9-10,12-13H,11H2,1-6H3;3-9H,1-2H3;1-5H;2*1H;/q2*-1;;;;+2/p-2. The SMILES string of the molecule is CC(C)(C)c1c[c-]c2c(c1)-c1cc(C(C)(C)C)ccc1C2.Cc1cc(-c2ccccc2)c(C)[cH-]1.Fc1ccc([CH]=[Zr+2])cc1.[Cl-].[Cl-]. The molecule has 234 valence electrons. The van der Waals surface area contributed by atoms with Crippen LogP contribution in [-0.2, 0) is 41.5 Å². The predicted molar refractivity (Wildman–Crippen MR) is 179 cm³/mol. The Kier molecular flexibility index (Phi) is 14.1. The Morgan fingerprint density at radius 3 is 1.87 bits per heavy atom. The van der Waals surface area contributed by atoms with Gasteiger partial charge in [-0.1, -0.05) is 126 Å². The molecule has 0 nitrogen and oxygen atoms in total. The van der Waals surface area contributed by atoms with E-state index < -0.39 is 0 Å². The molecule has 0 atom stereocenters. The molecular formula is C41H43Cl2FZr-2. The zero-order valence-electron chi connectivity index (χ0n) is 27.7. The fourth-order valence-corrected chi connectivity index (χ4v) is 5.75. The van der Waals surface area contributed by atoms with Gasteiger partial charge in [0.05, 0.1) is 0 Å². The van der Waals surface area contributed by atoms with Crippen molar-refractivity contribution in [2.75, 3.05) is 0 Å². The second kappa shape index (κ2) is 16.4. The predicted octanol–water partition coefficient (Wildman–Crippen LogP) is 4.87. The Morgan fingerprint density at radius 2 is 1.33 bits per heavy atom. The maximum absolute atomic E-state index is 12.2. The van der Waals surface area contributed by atoms with E-state index in [0.29, 0.717) is 0 Å². The van der Waals surface area contributed by atoms with Gasteiger partial charge in [0.15, 0.2) is 0 Å². The van der Waals surface area contributed by atoms with Gasteiger partial charge in [0, 0.05) is 0 Å². The van der Waals surface area contributed by atoms with Gasteiger partial charge in [0.2, 0.25) is 0 Å². The largest absolute Gasteiger partial charge is 1.00 e. The molecule has 0 saturated carbocycles. The van der Waals surface area contributed by atoms with Crippen LogP contribution < -0.4 is 24.8 Å². The summed E-state index contributed by atoms with van der Waals surface area (Å²) in [6.45, 7) is 17.9. The van der Waals surface area contributed by atoms with Crippen molar-refractivity contribution in [2.24, 2.45) is 0 Å². The first-order valence-electron chi connectivity index (χ1n) is 15.0. The zero-order valence-corrected chi connectivity index (χ0v) is 31.6. The van der Waals surface area contributed by atoms with Crippen molar-refractivity contribution < 1.29 is 53.4 Å². The van der Waals surface area contributed by atoms with Crippen molar-refractivity contribution >= 4 is 3.71 Å². The molecule has 5 aromatic carbocycles. The number of benzene rings is 4. The fourth-order valence-electron chi connectivity index (χ4n) is 5.27. The van der Waals surface area contributed by atoms with E-state index in [4.69, 9.17) is 0 Å². The first kappa shape index (κ1) is 38.7. The summed E-state index contributed by atoms with van der Waals surface area (Å²) in [6.07, 6.45) is 1.03. The van der Waals surface area contributed by atoms with Crippen LogP contribution >= 0.6 is 0 Å². The van der Waals surface area contributed by atoms with Crippen molar-refractivity contribution in [1.29, 1.82) is 0 Å².